The van der Waals surface area contributed by atoms with Crippen molar-refractivity contribution in [2.24, 2.45) is 0 Å². The minimum Gasteiger partial charge on any atom is -0.374 e. The summed E-state index contributed by atoms with van der Waals surface area (Å²) in [6.07, 6.45) is 4.16. The molecule has 5 rings (SSSR count). The maximum absolute atomic E-state index is 6.79. The summed E-state index contributed by atoms with van der Waals surface area (Å²) in [5.41, 5.74) is 4.32. The molecule has 0 saturated carbocycles. The van der Waals surface area contributed by atoms with E-state index in [1.807, 2.05) is 72.8 Å². The Balaban J connectivity index is 1.46. The maximum Gasteiger partial charge on any atom is 0.148 e. The van der Waals surface area contributed by atoms with Gasteiger partial charge in [-0.25, -0.2) is 0 Å². The van der Waals surface area contributed by atoms with Crippen LogP contribution in [0.25, 0.3) is 0 Å². The molecule has 1 heterocycles. The second kappa shape index (κ2) is 16.8. The zero-order chi connectivity index (χ0) is 31.3. The van der Waals surface area contributed by atoms with Gasteiger partial charge in [-0.15, -0.1) is 0 Å². The SMILES string of the molecule is CS(C)(C)C#C[C@@H]1O[C@H](COCc2ccccc2)[C@@H](OCc2ccccc2)[C@H](OCc2ccccc2)[C@H]1OCc1ccccc1. The predicted octanol–water partition coefficient (Wildman–Crippen LogP) is 7.38. The van der Waals surface area contributed by atoms with Crippen molar-refractivity contribution in [3.05, 3.63) is 144 Å². The van der Waals surface area contributed by atoms with Crippen molar-refractivity contribution in [1.29, 1.82) is 0 Å². The Morgan fingerprint density at radius 2 is 0.933 bits per heavy atom. The second-order valence-corrected chi connectivity index (χ2v) is 15.8. The van der Waals surface area contributed by atoms with Crippen LogP contribution < -0.4 is 0 Å². The van der Waals surface area contributed by atoms with E-state index in [2.05, 4.69) is 78.5 Å². The standard InChI is InChI=1S/C39H44O5S/c1-45(2,3)25-24-35-37(41-27-32-18-10-5-11-19-32)39(43-29-34-22-14-7-15-23-34)38(42-28-33-20-12-6-13-21-33)36(44-35)30-40-26-31-16-8-4-9-17-31/h4-23,35-39H,26-30H2,1-3H3/t35-,36+,37-,38+,39+/m0/s1. The fourth-order valence-electron chi connectivity index (χ4n) is 5.14. The van der Waals surface area contributed by atoms with Crippen LogP contribution in [0.4, 0.5) is 0 Å². The van der Waals surface area contributed by atoms with Crippen LogP contribution in [0, 0.1) is 11.2 Å². The van der Waals surface area contributed by atoms with E-state index >= 15 is 0 Å². The van der Waals surface area contributed by atoms with Crippen molar-refractivity contribution >= 4 is 10.0 Å². The Bertz CT molecular complexity index is 1470. The predicted molar refractivity (Wildman–Crippen MR) is 183 cm³/mol. The molecule has 5 atom stereocenters. The van der Waals surface area contributed by atoms with Crippen LogP contribution in [0.3, 0.4) is 0 Å². The molecule has 45 heavy (non-hydrogen) atoms. The first kappa shape index (κ1) is 33.0. The van der Waals surface area contributed by atoms with Crippen LogP contribution in [-0.2, 0) is 50.1 Å². The molecule has 1 aliphatic heterocycles. The van der Waals surface area contributed by atoms with E-state index in [4.69, 9.17) is 23.7 Å². The van der Waals surface area contributed by atoms with Crippen LogP contribution in [0.1, 0.15) is 22.3 Å². The van der Waals surface area contributed by atoms with E-state index in [1.54, 1.807) is 0 Å². The van der Waals surface area contributed by atoms with Gasteiger partial charge in [0.05, 0.1) is 33.0 Å². The van der Waals surface area contributed by atoms with Gasteiger partial charge in [0.2, 0.25) is 0 Å². The zero-order valence-electron chi connectivity index (χ0n) is 26.4. The van der Waals surface area contributed by atoms with Gasteiger partial charge in [-0.2, -0.15) is 10.0 Å². The van der Waals surface area contributed by atoms with Gasteiger partial charge in [0, 0.05) is 0 Å². The lowest BCUT2D eigenvalue weighted by atomic mass is 9.94. The third-order valence-electron chi connectivity index (χ3n) is 7.39. The number of benzene rings is 4. The van der Waals surface area contributed by atoms with Crippen molar-refractivity contribution in [2.75, 3.05) is 25.4 Å². The molecule has 0 spiro atoms. The van der Waals surface area contributed by atoms with Crippen LogP contribution in [0.2, 0.25) is 0 Å². The molecule has 0 N–H and O–H groups in total. The Morgan fingerprint density at radius 3 is 1.38 bits per heavy atom. The van der Waals surface area contributed by atoms with Crippen molar-refractivity contribution in [3.8, 4) is 11.2 Å². The van der Waals surface area contributed by atoms with Gasteiger partial charge in [-0.1, -0.05) is 133 Å². The Morgan fingerprint density at radius 1 is 0.533 bits per heavy atom. The number of hydrogen-bond donors (Lipinski definition) is 0. The molecule has 1 saturated heterocycles. The molecule has 5 nitrogen and oxygen atoms in total. The van der Waals surface area contributed by atoms with E-state index < -0.39 is 40.5 Å². The van der Waals surface area contributed by atoms with Crippen LogP contribution >= 0.6 is 10.0 Å². The average Bonchev–Trinajstić information content (AvgIpc) is 3.06. The first-order valence-electron chi connectivity index (χ1n) is 15.4. The largest absolute Gasteiger partial charge is 0.374 e. The van der Waals surface area contributed by atoms with E-state index in [1.165, 1.54) is 0 Å². The first-order valence-corrected chi connectivity index (χ1v) is 18.2. The van der Waals surface area contributed by atoms with Crippen LogP contribution in [-0.4, -0.2) is 55.9 Å². The van der Waals surface area contributed by atoms with Crippen LogP contribution in [0.15, 0.2) is 121 Å². The normalized spacial score (nSPS) is 21.9. The van der Waals surface area contributed by atoms with Crippen molar-refractivity contribution in [2.45, 2.75) is 56.9 Å². The van der Waals surface area contributed by atoms with E-state index in [0.29, 0.717) is 33.0 Å². The van der Waals surface area contributed by atoms with Gasteiger partial charge < -0.3 is 23.7 Å². The molecule has 0 radical (unpaired) electrons. The molecule has 6 heteroatoms. The minimum absolute atomic E-state index is 0.325. The quantitative estimate of drug-likeness (QED) is 0.145. The van der Waals surface area contributed by atoms with E-state index in [0.717, 1.165) is 22.3 Å². The summed E-state index contributed by atoms with van der Waals surface area (Å²) in [4.78, 5) is 0. The summed E-state index contributed by atoms with van der Waals surface area (Å²) in [6.45, 7) is 2.01. The molecule has 0 unspecified atom stereocenters. The highest BCUT2D eigenvalue weighted by atomic mass is 32.3. The maximum atomic E-state index is 6.79. The highest BCUT2D eigenvalue weighted by molar-refractivity contribution is 8.35. The molecule has 1 aliphatic rings. The Hall–Kier alpha value is -3.41. The monoisotopic (exact) mass is 624 g/mol. The smallest absolute Gasteiger partial charge is 0.148 e. The number of hydrogen-bond acceptors (Lipinski definition) is 5. The van der Waals surface area contributed by atoms with Gasteiger partial charge in [-0.05, 0) is 41.0 Å². The van der Waals surface area contributed by atoms with E-state index in [9.17, 15) is 0 Å². The highest BCUT2D eigenvalue weighted by Crippen LogP contribution is 2.34. The Kier molecular flexibility index (Phi) is 12.3. The fourth-order valence-corrected chi connectivity index (χ4v) is 5.61. The molecular formula is C39H44O5S. The molecule has 0 bridgehead atoms. The number of ether oxygens (including phenoxy) is 5. The topological polar surface area (TPSA) is 46.2 Å². The summed E-state index contributed by atoms with van der Waals surface area (Å²) in [5, 5.41) is 3.48. The van der Waals surface area contributed by atoms with Crippen LogP contribution in [0.5, 0.6) is 0 Å². The first-order chi connectivity index (χ1) is 21.9. The van der Waals surface area contributed by atoms with E-state index in [-0.39, 0.29) is 0 Å². The number of rotatable bonds is 13. The lowest BCUT2D eigenvalue weighted by Gasteiger charge is -2.45. The van der Waals surface area contributed by atoms with Crippen molar-refractivity contribution < 1.29 is 23.7 Å². The molecule has 0 aromatic heterocycles. The van der Waals surface area contributed by atoms with Crippen molar-refractivity contribution in [3.63, 3.8) is 0 Å². The third kappa shape index (κ3) is 10.6. The van der Waals surface area contributed by atoms with Gasteiger partial charge in [0.1, 0.15) is 30.5 Å². The highest BCUT2D eigenvalue weighted by Gasteiger charge is 2.48. The van der Waals surface area contributed by atoms with Gasteiger partial charge in [-0.3, -0.25) is 0 Å². The van der Waals surface area contributed by atoms with Crippen molar-refractivity contribution in [1.82, 2.24) is 0 Å². The summed E-state index contributed by atoms with van der Waals surface area (Å²) < 4.78 is 33.2. The zero-order valence-corrected chi connectivity index (χ0v) is 27.2. The second-order valence-electron chi connectivity index (χ2n) is 12.0. The van der Waals surface area contributed by atoms with Gasteiger partial charge in [0.15, 0.2) is 0 Å². The summed E-state index contributed by atoms with van der Waals surface area (Å²) in [7, 11) is -1.12. The van der Waals surface area contributed by atoms with Gasteiger partial charge in [0.25, 0.3) is 0 Å². The molecular weight excluding hydrogens is 580 g/mol. The molecule has 4 aromatic rings. The molecule has 4 aromatic carbocycles. The molecule has 1 fully saturated rings. The minimum atomic E-state index is -1.12. The lowest BCUT2D eigenvalue weighted by Crippen LogP contribution is -2.60. The molecule has 0 aliphatic carbocycles. The summed E-state index contributed by atoms with van der Waals surface area (Å²) in [6, 6.07) is 40.7. The van der Waals surface area contributed by atoms with Gasteiger partial charge >= 0.3 is 0 Å². The summed E-state index contributed by atoms with van der Waals surface area (Å²) >= 11 is 0. The Labute approximate surface area is 270 Å². The summed E-state index contributed by atoms with van der Waals surface area (Å²) in [5.74, 6) is 3.46. The molecule has 0 amide bonds. The lowest BCUT2D eigenvalue weighted by molar-refractivity contribution is -0.261. The average molecular weight is 625 g/mol. The fraction of sp³-hybridized carbons (Fsp3) is 0.333. The third-order valence-corrected chi connectivity index (χ3v) is 8.12. The molecule has 236 valence electrons.